The number of likely N-dealkylation sites (tertiary alicyclic amines) is 1. The molecule has 1 aliphatic heterocycles. The summed E-state index contributed by atoms with van der Waals surface area (Å²) < 4.78 is 38.2. The molecule has 0 aromatic heterocycles. The number of rotatable bonds is 7. The first kappa shape index (κ1) is 28.1. The van der Waals surface area contributed by atoms with Crippen LogP contribution >= 0.6 is 0 Å². The Kier molecular flexibility index (Phi) is 7.89. The van der Waals surface area contributed by atoms with Crippen LogP contribution in [0.3, 0.4) is 0 Å². The van der Waals surface area contributed by atoms with Crippen molar-refractivity contribution in [1.82, 2.24) is 10.2 Å². The zero-order valence-corrected chi connectivity index (χ0v) is 23.6. The molecule has 0 radical (unpaired) electrons. The molecule has 2 aromatic carbocycles. The second-order valence-corrected chi connectivity index (χ2v) is 13.5. The van der Waals surface area contributed by atoms with Gasteiger partial charge in [-0.25, -0.2) is 12.8 Å². The third kappa shape index (κ3) is 6.03. The lowest BCUT2D eigenvalue weighted by molar-refractivity contribution is -0.135. The van der Waals surface area contributed by atoms with Crippen molar-refractivity contribution in [2.45, 2.75) is 75.8 Å². The number of piperidine rings is 1. The number of carbonyl (C=O) groups is 2. The van der Waals surface area contributed by atoms with Crippen LogP contribution in [0.4, 0.5) is 10.1 Å². The van der Waals surface area contributed by atoms with Gasteiger partial charge in [0, 0.05) is 30.6 Å². The van der Waals surface area contributed by atoms with E-state index in [1.54, 1.807) is 35.2 Å². The molecule has 7 nitrogen and oxygen atoms in total. The lowest BCUT2D eigenvalue weighted by atomic mass is 9.88. The largest absolute Gasteiger partial charge is 0.380 e. The Hall–Kier alpha value is -2.94. The number of aryl methyl sites for hydroxylation is 1. The molecule has 2 aromatic rings. The fourth-order valence-corrected chi connectivity index (χ4v) is 6.05. The van der Waals surface area contributed by atoms with Gasteiger partial charge in [-0.15, -0.1) is 0 Å². The van der Waals surface area contributed by atoms with Crippen molar-refractivity contribution in [3.8, 4) is 0 Å². The highest BCUT2D eigenvalue weighted by Gasteiger charge is 2.36. The Balaban J connectivity index is 1.40. The first-order chi connectivity index (χ1) is 17.8. The van der Waals surface area contributed by atoms with Gasteiger partial charge in [-0.2, -0.15) is 0 Å². The fraction of sp³-hybridized carbons (Fsp3) is 0.517. The summed E-state index contributed by atoms with van der Waals surface area (Å²) in [6.45, 7) is 8.93. The maximum absolute atomic E-state index is 14.8. The van der Waals surface area contributed by atoms with Gasteiger partial charge in [-0.3, -0.25) is 9.59 Å². The molecule has 1 saturated heterocycles. The molecule has 0 saturated carbocycles. The first-order valence-electron chi connectivity index (χ1n) is 13.3. The molecule has 2 N–H and O–H groups in total. The Morgan fingerprint density at radius 2 is 1.74 bits per heavy atom. The Morgan fingerprint density at radius 3 is 2.32 bits per heavy atom. The fourth-order valence-electron chi connectivity index (χ4n) is 5.42. The highest BCUT2D eigenvalue weighted by Crippen LogP contribution is 2.34. The number of anilines is 1. The zero-order valence-electron chi connectivity index (χ0n) is 22.8. The number of amides is 2. The molecule has 1 fully saturated rings. The molecule has 0 spiro atoms. The molecule has 2 atom stereocenters. The van der Waals surface area contributed by atoms with Gasteiger partial charge in [0.15, 0.2) is 9.84 Å². The van der Waals surface area contributed by atoms with E-state index in [0.717, 1.165) is 29.7 Å². The number of nitrogens with one attached hydrogen (secondary N) is 2. The number of nitrogens with zero attached hydrogens (tertiary/aromatic N) is 1. The summed E-state index contributed by atoms with van der Waals surface area (Å²) in [4.78, 5) is 28.6. The van der Waals surface area contributed by atoms with Gasteiger partial charge in [0.2, 0.25) is 5.91 Å². The summed E-state index contributed by atoms with van der Waals surface area (Å²) in [5.41, 5.74) is 2.51. The Labute approximate surface area is 225 Å². The van der Waals surface area contributed by atoms with Gasteiger partial charge in [-0.05, 0) is 92.0 Å². The van der Waals surface area contributed by atoms with Crippen LogP contribution in [0.5, 0.6) is 0 Å². The van der Waals surface area contributed by atoms with Crippen LogP contribution in [-0.2, 0) is 21.1 Å². The molecule has 38 heavy (non-hydrogen) atoms. The predicted octanol–water partition coefficient (Wildman–Crippen LogP) is 4.53. The van der Waals surface area contributed by atoms with Gasteiger partial charge in [-0.1, -0.05) is 20.8 Å². The minimum atomic E-state index is -3.26. The second-order valence-electron chi connectivity index (χ2n) is 11.5. The number of halogens is 1. The summed E-state index contributed by atoms with van der Waals surface area (Å²) in [5.74, 6) is -1.15. The number of fused-ring (bicyclic) bond motifs is 1. The molecule has 2 aliphatic rings. The van der Waals surface area contributed by atoms with Crippen LogP contribution in [0.1, 0.15) is 74.4 Å². The molecule has 206 valence electrons. The van der Waals surface area contributed by atoms with Crippen LogP contribution in [0.15, 0.2) is 41.3 Å². The van der Waals surface area contributed by atoms with Gasteiger partial charge in [0.05, 0.1) is 10.5 Å². The van der Waals surface area contributed by atoms with Crippen LogP contribution in [0.25, 0.3) is 0 Å². The average molecular weight is 544 g/mol. The molecule has 2 amide bonds. The van der Waals surface area contributed by atoms with Crippen LogP contribution in [-0.4, -0.2) is 56.1 Å². The zero-order chi connectivity index (χ0) is 27.8. The van der Waals surface area contributed by atoms with E-state index in [1.807, 2.05) is 13.8 Å². The number of hydrogen-bond donors (Lipinski definition) is 2. The third-order valence-corrected chi connectivity index (χ3v) is 9.11. The Morgan fingerprint density at radius 1 is 1.11 bits per heavy atom. The first-order valence-corrected chi connectivity index (χ1v) is 15.2. The van der Waals surface area contributed by atoms with E-state index in [0.29, 0.717) is 25.9 Å². The van der Waals surface area contributed by atoms with Crippen LogP contribution in [0.2, 0.25) is 0 Å². The SMILES string of the molecule is CC1CCc2cc(F)c(C(=O)N[C@@H](C(=O)N3CCC(C)(Nc4ccc(S(C)(=O)=O)cc4)CC3)C(C)C)cc21. The van der Waals surface area contributed by atoms with E-state index in [4.69, 9.17) is 0 Å². The van der Waals surface area contributed by atoms with E-state index in [1.165, 1.54) is 12.3 Å². The lowest BCUT2D eigenvalue weighted by Gasteiger charge is -2.42. The smallest absolute Gasteiger partial charge is 0.254 e. The molecule has 9 heteroatoms. The highest BCUT2D eigenvalue weighted by atomic mass is 32.2. The topological polar surface area (TPSA) is 95.6 Å². The van der Waals surface area contributed by atoms with Crippen molar-refractivity contribution in [2.24, 2.45) is 5.92 Å². The van der Waals surface area contributed by atoms with Crippen molar-refractivity contribution in [3.05, 3.63) is 58.9 Å². The van der Waals surface area contributed by atoms with E-state index in [2.05, 4.69) is 24.5 Å². The van der Waals surface area contributed by atoms with Crippen molar-refractivity contribution in [3.63, 3.8) is 0 Å². The van der Waals surface area contributed by atoms with Gasteiger partial charge < -0.3 is 15.5 Å². The number of benzene rings is 2. The standard InChI is InChI=1S/C29H38FN3O4S/c1-18(2)26(31-27(34)24-17-23-19(3)6-7-20(23)16-25(24)30)28(35)33-14-12-29(4,13-15-33)32-21-8-10-22(11-9-21)38(5,36)37/h8-11,16-19,26,32H,6-7,12-15H2,1-5H3,(H,31,34)/t19?,26-/m1/s1. The van der Waals surface area contributed by atoms with Crippen molar-refractivity contribution in [1.29, 1.82) is 0 Å². The number of sulfone groups is 1. The average Bonchev–Trinajstić information content (AvgIpc) is 3.20. The summed E-state index contributed by atoms with van der Waals surface area (Å²) in [6, 6.07) is 9.03. The van der Waals surface area contributed by atoms with Gasteiger partial charge in [0.25, 0.3) is 5.91 Å². The van der Waals surface area contributed by atoms with E-state index >= 15 is 0 Å². The number of carbonyl (C=O) groups excluding carboxylic acids is 2. The highest BCUT2D eigenvalue weighted by molar-refractivity contribution is 7.90. The minimum absolute atomic E-state index is 0.00624. The van der Waals surface area contributed by atoms with E-state index in [9.17, 15) is 22.4 Å². The molecule has 1 aliphatic carbocycles. The maximum atomic E-state index is 14.8. The monoisotopic (exact) mass is 543 g/mol. The van der Waals surface area contributed by atoms with Crippen LogP contribution < -0.4 is 10.6 Å². The summed E-state index contributed by atoms with van der Waals surface area (Å²) in [5, 5.41) is 6.31. The normalized spacial score (nSPS) is 19.7. The summed E-state index contributed by atoms with van der Waals surface area (Å²) >= 11 is 0. The number of hydrogen-bond acceptors (Lipinski definition) is 5. The van der Waals surface area contributed by atoms with Crippen molar-refractivity contribution in [2.75, 3.05) is 24.7 Å². The lowest BCUT2D eigenvalue weighted by Crippen LogP contribution is -2.56. The molecule has 1 heterocycles. The van der Waals surface area contributed by atoms with Crippen LogP contribution in [0, 0.1) is 11.7 Å². The third-order valence-electron chi connectivity index (χ3n) is 7.98. The molecule has 1 unspecified atom stereocenters. The maximum Gasteiger partial charge on any atom is 0.254 e. The Bertz CT molecular complexity index is 1320. The summed E-state index contributed by atoms with van der Waals surface area (Å²) in [6.07, 6.45) is 4.31. The molecular formula is C29H38FN3O4S. The van der Waals surface area contributed by atoms with Gasteiger partial charge >= 0.3 is 0 Å². The van der Waals surface area contributed by atoms with Crippen molar-refractivity contribution < 1.29 is 22.4 Å². The molecular weight excluding hydrogens is 505 g/mol. The molecule has 0 bridgehead atoms. The van der Waals surface area contributed by atoms with E-state index < -0.39 is 27.6 Å². The predicted molar refractivity (Wildman–Crippen MR) is 147 cm³/mol. The van der Waals surface area contributed by atoms with Crippen molar-refractivity contribution >= 4 is 27.3 Å². The summed E-state index contributed by atoms with van der Waals surface area (Å²) in [7, 11) is -3.26. The molecule has 4 rings (SSSR count). The van der Waals surface area contributed by atoms with Gasteiger partial charge in [0.1, 0.15) is 11.9 Å². The van der Waals surface area contributed by atoms with E-state index in [-0.39, 0.29) is 33.7 Å². The minimum Gasteiger partial charge on any atom is -0.380 e. The second kappa shape index (κ2) is 10.7. The quantitative estimate of drug-likeness (QED) is 0.535.